The van der Waals surface area contributed by atoms with Crippen LogP contribution in [-0.4, -0.2) is 21.9 Å². The number of rotatable bonds is 2. The molecule has 0 spiro atoms. The number of ether oxygens (including phenoxy) is 1. The summed E-state index contributed by atoms with van der Waals surface area (Å²) in [4.78, 5) is 4.39. The topological polar surface area (TPSA) is 39.9 Å². The average molecular weight is 318 g/mol. The molecule has 1 aromatic carbocycles. The fourth-order valence-electron chi connectivity index (χ4n) is 2.15. The molecule has 96 valence electrons. The summed E-state index contributed by atoms with van der Waals surface area (Å²) in [6, 6.07) is 9.88. The first-order valence-corrected chi connectivity index (χ1v) is 6.61. The maximum absolute atomic E-state index is 5.41. The molecule has 0 saturated carbocycles. The zero-order valence-electron chi connectivity index (χ0n) is 10.6. The van der Waals surface area contributed by atoms with E-state index in [0.29, 0.717) is 0 Å². The van der Waals surface area contributed by atoms with Crippen LogP contribution < -0.4 is 4.74 Å². The Hall–Kier alpha value is -1.88. The maximum Gasteiger partial charge on any atom is 0.158 e. The van der Waals surface area contributed by atoms with Crippen LogP contribution in [0.5, 0.6) is 5.75 Å². The highest BCUT2D eigenvalue weighted by Crippen LogP contribution is 2.34. The van der Waals surface area contributed by atoms with E-state index in [2.05, 4.69) is 26.0 Å². The van der Waals surface area contributed by atoms with Gasteiger partial charge in [0.15, 0.2) is 5.65 Å². The summed E-state index contributed by atoms with van der Waals surface area (Å²) in [6.07, 6.45) is 1.77. The molecule has 0 N–H and O–H groups in total. The number of hydrogen-bond donors (Lipinski definition) is 0. The van der Waals surface area contributed by atoms with Crippen molar-refractivity contribution < 1.29 is 4.74 Å². The molecule has 5 heteroatoms. The summed E-state index contributed by atoms with van der Waals surface area (Å²) < 4.78 is 8.12. The van der Waals surface area contributed by atoms with Crippen LogP contribution in [0.25, 0.3) is 22.3 Å². The zero-order chi connectivity index (χ0) is 13.4. The molecular weight excluding hydrogens is 306 g/mol. The highest BCUT2D eigenvalue weighted by atomic mass is 79.9. The summed E-state index contributed by atoms with van der Waals surface area (Å²) in [7, 11) is 3.56. The lowest BCUT2D eigenvalue weighted by Gasteiger charge is -2.05. The van der Waals surface area contributed by atoms with Crippen LogP contribution in [0.15, 0.2) is 41.0 Å². The normalized spacial score (nSPS) is 10.9. The number of nitrogens with zero attached hydrogens (tertiary/aromatic N) is 3. The molecule has 0 unspecified atom stereocenters. The Bertz CT molecular complexity index is 752. The fraction of sp³-hybridized carbons (Fsp3) is 0.143. The second-order valence-electron chi connectivity index (χ2n) is 4.20. The lowest BCUT2D eigenvalue weighted by molar-refractivity contribution is 0.416. The number of fused-ring (bicyclic) bond motifs is 1. The molecule has 0 atom stereocenters. The number of methoxy groups -OCH3 is 1. The Labute approximate surface area is 119 Å². The van der Waals surface area contributed by atoms with E-state index in [0.717, 1.165) is 32.5 Å². The Morgan fingerprint density at radius 1 is 1.26 bits per heavy atom. The predicted octanol–water partition coefficient (Wildman–Crippen LogP) is 3.41. The maximum atomic E-state index is 5.41. The van der Waals surface area contributed by atoms with Gasteiger partial charge < -0.3 is 4.74 Å². The van der Waals surface area contributed by atoms with E-state index in [-0.39, 0.29) is 0 Å². The second-order valence-corrected chi connectivity index (χ2v) is 5.11. The van der Waals surface area contributed by atoms with E-state index in [9.17, 15) is 0 Å². The van der Waals surface area contributed by atoms with Gasteiger partial charge >= 0.3 is 0 Å². The minimum atomic E-state index is 0.808. The third-order valence-electron chi connectivity index (χ3n) is 3.01. The summed E-state index contributed by atoms with van der Waals surface area (Å²) >= 11 is 3.45. The van der Waals surface area contributed by atoms with Gasteiger partial charge in [0.2, 0.25) is 0 Å². The Kier molecular flexibility index (Phi) is 2.98. The van der Waals surface area contributed by atoms with E-state index in [4.69, 9.17) is 4.74 Å². The Balaban J connectivity index is 2.33. The van der Waals surface area contributed by atoms with Gasteiger partial charge in [-0.25, -0.2) is 9.67 Å². The molecule has 4 nitrogen and oxygen atoms in total. The molecule has 0 amide bonds. The monoisotopic (exact) mass is 317 g/mol. The van der Waals surface area contributed by atoms with Crippen molar-refractivity contribution in [1.29, 1.82) is 0 Å². The third kappa shape index (κ3) is 2.00. The lowest BCUT2D eigenvalue weighted by atomic mass is 10.1. The fourth-order valence-corrected chi connectivity index (χ4v) is 2.49. The molecule has 0 fully saturated rings. The molecule has 3 aromatic rings. The number of pyridine rings is 1. The van der Waals surface area contributed by atoms with Gasteiger partial charge in [-0.15, -0.1) is 0 Å². The standard InChI is InChI=1S/C14H12BrN3O/c1-18-14-11(7-9(15)8-16-14)13(17-18)10-5-3-4-6-12(10)19-2/h3-8H,1-2H3. The van der Waals surface area contributed by atoms with Gasteiger partial charge in [-0.1, -0.05) is 12.1 Å². The number of para-hydroxylation sites is 1. The van der Waals surface area contributed by atoms with Crippen molar-refractivity contribution in [2.45, 2.75) is 0 Å². The first-order chi connectivity index (χ1) is 9.20. The molecule has 2 heterocycles. The molecule has 0 aliphatic carbocycles. The number of aryl methyl sites for hydroxylation is 1. The van der Waals surface area contributed by atoms with E-state index in [1.54, 1.807) is 18.0 Å². The first kappa shape index (κ1) is 12.2. The minimum absolute atomic E-state index is 0.808. The van der Waals surface area contributed by atoms with Crippen LogP contribution in [0.3, 0.4) is 0 Å². The van der Waals surface area contributed by atoms with Gasteiger partial charge in [-0.2, -0.15) is 5.10 Å². The third-order valence-corrected chi connectivity index (χ3v) is 3.44. The van der Waals surface area contributed by atoms with Crippen molar-refractivity contribution in [3.63, 3.8) is 0 Å². The second kappa shape index (κ2) is 4.66. The molecule has 19 heavy (non-hydrogen) atoms. The van der Waals surface area contributed by atoms with Crippen molar-refractivity contribution in [3.8, 4) is 17.0 Å². The van der Waals surface area contributed by atoms with Crippen molar-refractivity contribution in [1.82, 2.24) is 14.8 Å². The van der Waals surface area contributed by atoms with Crippen LogP contribution in [0.2, 0.25) is 0 Å². The molecule has 3 rings (SSSR count). The zero-order valence-corrected chi connectivity index (χ0v) is 12.2. The summed E-state index contributed by atoms with van der Waals surface area (Å²) in [5.41, 5.74) is 2.70. The van der Waals surface area contributed by atoms with Crippen molar-refractivity contribution in [2.75, 3.05) is 7.11 Å². The van der Waals surface area contributed by atoms with Gasteiger partial charge in [0.05, 0.1) is 7.11 Å². The summed E-state index contributed by atoms with van der Waals surface area (Å²) in [6.45, 7) is 0. The highest BCUT2D eigenvalue weighted by Gasteiger charge is 2.15. The summed E-state index contributed by atoms with van der Waals surface area (Å²) in [5.74, 6) is 0.808. The minimum Gasteiger partial charge on any atom is -0.496 e. The molecule has 0 bridgehead atoms. The van der Waals surface area contributed by atoms with Gasteiger partial charge in [-0.3, -0.25) is 0 Å². The van der Waals surface area contributed by atoms with Crippen LogP contribution in [0, 0.1) is 0 Å². The smallest absolute Gasteiger partial charge is 0.158 e. The number of aromatic nitrogens is 3. The molecular formula is C14H12BrN3O. The van der Waals surface area contributed by atoms with Gasteiger partial charge in [-0.05, 0) is 34.1 Å². The molecule has 0 aliphatic rings. The molecule has 0 aliphatic heterocycles. The van der Waals surface area contributed by atoms with E-state index in [1.165, 1.54) is 0 Å². The number of benzene rings is 1. The van der Waals surface area contributed by atoms with Gasteiger partial charge in [0, 0.05) is 28.7 Å². The van der Waals surface area contributed by atoms with Crippen molar-refractivity contribution >= 4 is 27.0 Å². The first-order valence-electron chi connectivity index (χ1n) is 5.82. The van der Waals surface area contributed by atoms with E-state index < -0.39 is 0 Å². The summed E-state index contributed by atoms with van der Waals surface area (Å²) in [5, 5.41) is 5.56. The quantitative estimate of drug-likeness (QED) is 0.727. The van der Waals surface area contributed by atoms with Crippen LogP contribution in [0.1, 0.15) is 0 Å². The van der Waals surface area contributed by atoms with E-state index >= 15 is 0 Å². The largest absolute Gasteiger partial charge is 0.496 e. The van der Waals surface area contributed by atoms with Crippen LogP contribution in [0.4, 0.5) is 0 Å². The Morgan fingerprint density at radius 3 is 2.84 bits per heavy atom. The lowest BCUT2D eigenvalue weighted by Crippen LogP contribution is -1.92. The van der Waals surface area contributed by atoms with E-state index in [1.807, 2.05) is 37.4 Å². The van der Waals surface area contributed by atoms with Crippen LogP contribution >= 0.6 is 15.9 Å². The average Bonchev–Trinajstić information content (AvgIpc) is 2.75. The SMILES string of the molecule is COc1ccccc1-c1nn(C)c2ncc(Br)cc12. The number of halogens is 1. The molecule has 0 saturated heterocycles. The number of hydrogen-bond acceptors (Lipinski definition) is 3. The van der Waals surface area contributed by atoms with Gasteiger partial charge in [0.25, 0.3) is 0 Å². The predicted molar refractivity (Wildman–Crippen MR) is 78.2 cm³/mol. The van der Waals surface area contributed by atoms with Crippen molar-refractivity contribution in [2.24, 2.45) is 7.05 Å². The van der Waals surface area contributed by atoms with Crippen molar-refractivity contribution in [3.05, 3.63) is 41.0 Å². The molecule has 0 radical (unpaired) electrons. The molecule has 2 aromatic heterocycles. The van der Waals surface area contributed by atoms with Crippen LogP contribution in [-0.2, 0) is 7.05 Å². The Morgan fingerprint density at radius 2 is 2.05 bits per heavy atom. The highest BCUT2D eigenvalue weighted by molar-refractivity contribution is 9.10. The van der Waals surface area contributed by atoms with Gasteiger partial charge in [0.1, 0.15) is 11.4 Å².